The summed E-state index contributed by atoms with van der Waals surface area (Å²) in [6.07, 6.45) is 1.81. The van der Waals surface area contributed by atoms with E-state index in [4.69, 9.17) is 14.2 Å². The number of carbonyl (C=O) groups is 4. The zero-order valence-electron chi connectivity index (χ0n) is 21.8. The van der Waals surface area contributed by atoms with Gasteiger partial charge in [0, 0.05) is 32.5 Å². The number of amides is 2. The third-order valence-corrected chi connectivity index (χ3v) is 6.38. The van der Waals surface area contributed by atoms with Crippen molar-refractivity contribution in [2.75, 3.05) is 26.2 Å². The first-order valence-corrected chi connectivity index (χ1v) is 12.6. The average molecular weight is 503 g/mol. The Balaban J connectivity index is 1.49. The lowest BCUT2D eigenvalue weighted by Gasteiger charge is -2.41. The van der Waals surface area contributed by atoms with Crippen molar-refractivity contribution in [3.8, 4) is 0 Å². The molecular formula is C27H38N2O7. The summed E-state index contributed by atoms with van der Waals surface area (Å²) >= 11 is 0. The van der Waals surface area contributed by atoms with Crippen molar-refractivity contribution >= 4 is 23.9 Å². The molecule has 9 nitrogen and oxygen atoms in total. The first-order chi connectivity index (χ1) is 17.0. The molecule has 198 valence electrons. The molecule has 3 rings (SSSR count). The van der Waals surface area contributed by atoms with Crippen LogP contribution in [0.1, 0.15) is 65.4 Å². The zero-order valence-corrected chi connectivity index (χ0v) is 21.8. The van der Waals surface area contributed by atoms with Crippen LogP contribution in [0.3, 0.4) is 0 Å². The number of benzene rings is 1. The molecule has 9 heteroatoms. The molecule has 1 saturated carbocycles. The predicted molar refractivity (Wildman–Crippen MR) is 132 cm³/mol. The van der Waals surface area contributed by atoms with Crippen LogP contribution in [0, 0.1) is 5.41 Å². The van der Waals surface area contributed by atoms with Gasteiger partial charge in [-0.25, -0.2) is 4.79 Å². The summed E-state index contributed by atoms with van der Waals surface area (Å²) in [5.41, 5.74) is -0.190. The van der Waals surface area contributed by atoms with E-state index >= 15 is 0 Å². The Morgan fingerprint density at radius 2 is 1.69 bits per heavy atom. The second-order valence-corrected chi connectivity index (χ2v) is 10.8. The molecule has 2 amide bonds. The molecular weight excluding hydrogens is 464 g/mol. The zero-order chi connectivity index (χ0) is 26.3. The van der Waals surface area contributed by atoms with Crippen molar-refractivity contribution in [1.29, 1.82) is 0 Å². The number of carbonyl (C=O) groups excluding carboxylic acids is 4. The maximum atomic E-state index is 12.8. The third kappa shape index (κ3) is 8.24. The largest absolute Gasteiger partial charge is 0.463 e. The molecule has 2 fully saturated rings. The van der Waals surface area contributed by atoms with Crippen LogP contribution in [-0.4, -0.2) is 71.6 Å². The normalized spacial score (nSPS) is 18.8. The molecule has 1 aliphatic heterocycles. The fraction of sp³-hybridized carbons (Fsp3) is 0.630. The fourth-order valence-corrected chi connectivity index (χ4v) is 3.88. The Hall–Kier alpha value is -3.10. The number of ether oxygens (including phenoxy) is 3. The van der Waals surface area contributed by atoms with Crippen LogP contribution in [0.15, 0.2) is 30.3 Å². The molecule has 1 saturated heterocycles. The summed E-state index contributed by atoms with van der Waals surface area (Å²) in [6.45, 7) is 8.31. The van der Waals surface area contributed by atoms with Gasteiger partial charge in [0.05, 0.1) is 11.5 Å². The summed E-state index contributed by atoms with van der Waals surface area (Å²) in [5, 5.41) is 0. The van der Waals surface area contributed by atoms with Gasteiger partial charge in [0.15, 0.2) is 0 Å². The van der Waals surface area contributed by atoms with Gasteiger partial charge < -0.3 is 19.1 Å². The highest BCUT2D eigenvalue weighted by Crippen LogP contribution is 2.46. The maximum Gasteiger partial charge on any atom is 0.410 e. The molecule has 0 aromatic heterocycles. The molecule has 1 atom stereocenters. The Kier molecular flexibility index (Phi) is 8.98. The van der Waals surface area contributed by atoms with Gasteiger partial charge in [0.1, 0.15) is 18.8 Å². The number of rotatable bonds is 9. The Morgan fingerprint density at radius 3 is 2.33 bits per heavy atom. The Bertz CT molecular complexity index is 937. The lowest BCUT2D eigenvalue weighted by atomic mass is 10.1. The molecule has 1 aliphatic carbocycles. The van der Waals surface area contributed by atoms with Crippen molar-refractivity contribution in [2.24, 2.45) is 5.41 Å². The number of esters is 2. The van der Waals surface area contributed by atoms with E-state index in [1.165, 1.54) is 0 Å². The van der Waals surface area contributed by atoms with E-state index in [0.29, 0.717) is 13.0 Å². The Labute approximate surface area is 213 Å². The highest BCUT2D eigenvalue weighted by atomic mass is 16.6. The van der Waals surface area contributed by atoms with Crippen molar-refractivity contribution in [3.63, 3.8) is 0 Å². The molecule has 0 N–H and O–H groups in total. The molecule has 0 bridgehead atoms. The van der Waals surface area contributed by atoms with Gasteiger partial charge in [-0.2, -0.15) is 0 Å². The quantitative estimate of drug-likeness (QED) is 0.375. The number of piperazine rings is 1. The summed E-state index contributed by atoms with van der Waals surface area (Å²) in [7, 11) is 0. The van der Waals surface area contributed by atoms with Crippen molar-refractivity contribution < 1.29 is 33.4 Å². The van der Waals surface area contributed by atoms with Crippen molar-refractivity contribution in [2.45, 2.75) is 78.0 Å². The third-order valence-electron chi connectivity index (χ3n) is 6.38. The van der Waals surface area contributed by atoms with Crippen LogP contribution >= 0.6 is 0 Å². The molecule has 1 aromatic rings. The van der Waals surface area contributed by atoms with Crippen LogP contribution < -0.4 is 0 Å². The average Bonchev–Trinajstić information content (AvgIpc) is 3.59. The molecule has 1 heterocycles. The van der Waals surface area contributed by atoms with Crippen LogP contribution in [0.5, 0.6) is 0 Å². The van der Waals surface area contributed by atoms with Gasteiger partial charge in [-0.3, -0.25) is 19.3 Å². The second kappa shape index (κ2) is 11.8. The monoisotopic (exact) mass is 502 g/mol. The molecule has 36 heavy (non-hydrogen) atoms. The smallest absolute Gasteiger partial charge is 0.410 e. The summed E-state index contributed by atoms with van der Waals surface area (Å²) < 4.78 is 16.3. The van der Waals surface area contributed by atoms with Crippen molar-refractivity contribution in [1.82, 2.24) is 9.80 Å². The number of nitrogens with zero attached hydrogens (tertiary/aromatic N) is 2. The summed E-state index contributed by atoms with van der Waals surface area (Å²) in [5.74, 6) is -0.732. The van der Waals surface area contributed by atoms with Gasteiger partial charge in [-0.15, -0.1) is 0 Å². The predicted octanol–water partition coefficient (Wildman–Crippen LogP) is 3.69. The van der Waals surface area contributed by atoms with Crippen molar-refractivity contribution in [3.05, 3.63) is 35.9 Å². The summed E-state index contributed by atoms with van der Waals surface area (Å²) in [6, 6.07) is 8.92. The van der Waals surface area contributed by atoms with E-state index in [1.807, 2.05) is 37.3 Å². The molecule has 0 radical (unpaired) electrons. The molecule has 1 unspecified atom stereocenters. The summed E-state index contributed by atoms with van der Waals surface area (Å²) in [4.78, 5) is 53.2. The van der Waals surface area contributed by atoms with Gasteiger partial charge in [0.25, 0.3) is 0 Å². The molecule has 0 spiro atoms. The molecule has 2 aliphatic rings. The van der Waals surface area contributed by atoms with Gasteiger partial charge >= 0.3 is 18.0 Å². The van der Waals surface area contributed by atoms with Crippen LogP contribution in [-0.2, 0) is 35.2 Å². The van der Waals surface area contributed by atoms with E-state index < -0.39 is 23.2 Å². The van der Waals surface area contributed by atoms with Gasteiger partial charge in [0.2, 0.25) is 5.91 Å². The van der Waals surface area contributed by atoms with Crippen LogP contribution in [0.25, 0.3) is 0 Å². The SMILES string of the molecule is CC(C)(C)OC(=O)N1CCN(C(=O)CCCC(=O)OCc2ccccc2)CC1COC(=O)C1(C)CC1. The van der Waals surface area contributed by atoms with E-state index in [1.54, 1.807) is 30.6 Å². The number of hydrogen-bond donors (Lipinski definition) is 0. The van der Waals surface area contributed by atoms with E-state index in [0.717, 1.165) is 18.4 Å². The fourth-order valence-electron chi connectivity index (χ4n) is 3.88. The van der Waals surface area contributed by atoms with E-state index in [9.17, 15) is 19.2 Å². The number of hydrogen-bond acceptors (Lipinski definition) is 7. The molecule has 1 aromatic carbocycles. The Morgan fingerprint density at radius 1 is 1.00 bits per heavy atom. The lowest BCUT2D eigenvalue weighted by molar-refractivity contribution is -0.152. The first kappa shape index (κ1) is 27.5. The standard InChI is InChI=1S/C27H38N2O7/c1-26(2,3)36-25(33)29-16-15-28(17-21(29)19-35-24(32)27(4)13-14-27)22(30)11-8-12-23(31)34-18-20-9-6-5-7-10-20/h5-7,9-10,21H,8,11-19H2,1-4H3. The van der Waals surface area contributed by atoms with Gasteiger partial charge in [-0.1, -0.05) is 30.3 Å². The maximum absolute atomic E-state index is 12.8. The van der Waals surface area contributed by atoms with Crippen LogP contribution in [0.4, 0.5) is 4.79 Å². The van der Waals surface area contributed by atoms with Gasteiger partial charge in [-0.05, 0) is 52.5 Å². The first-order valence-electron chi connectivity index (χ1n) is 12.6. The van der Waals surface area contributed by atoms with Crippen LogP contribution in [0.2, 0.25) is 0 Å². The topological polar surface area (TPSA) is 102 Å². The van der Waals surface area contributed by atoms with E-state index in [2.05, 4.69) is 0 Å². The lowest BCUT2D eigenvalue weighted by Crippen LogP contribution is -2.59. The highest BCUT2D eigenvalue weighted by Gasteiger charge is 2.47. The highest BCUT2D eigenvalue weighted by molar-refractivity contribution is 5.79. The van der Waals surface area contributed by atoms with E-state index in [-0.39, 0.29) is 57.0 Å². The minimum absolute atomic E-state index is 0.00323. The second-order valence-electron chi connectivity index (χ2n) is 10.8. The minimum atomic E-state index is -0.665. The minimum Gasteiger partial charge on any atom is -0.463 e.